The number of benzene rings is 1. The Kier molecular flexibility index (Phi) is 2.15. The Morgan fingerprint density at radius 3 is 2.94 bits per heavy atom. The van der Waals surface area contributed by atoms with Gasteiger partial charge in [-0.1, -0.05) is 12.1 Å². The van der Waals surface area contributed by atoms with Gasteiger partial charge in [0.15, 0.2) is 0 Å². The van der Waals surface area contributed by atoms with Crippen LogP contribution in [0.25, 0.3) is 11.0 Å². The van der Waals surface area contributed by atoms with Crippen LogP contribution in [0.4, 0.5) is 5.95 Å². The van der Waals surface area contributed by atoms with Gasteiger partial charge >= 0.3 is 0 Å². The van der Waals surface area contributed by atoms with Gasteiger partial charge in [-0.15, -0.1) is 0 Å². The Morgan fingerprint density at radius 1 is 1.29 bits per heavy atom. The summed E-state index contributed by atoms with van der Waals surface area (Å²) in [5.74, 6) is 0.176. The third-order valence-electron chi connectivity index (χ3n) is 2.40. The largest absolute Gasteiger partial charge is 0.472 e. The highest BCUT2D eigenvalue weighted by Gasteiger charge is 2.09. The van der Waals surface area contributed by atoms with E-state index < -0.39 is 0 Å². The van der Waals surface area contributed by atoms with Crippen molar-refractivity contribution < 1.29 is 9.21 Å². The summed E-state index contributed by atoms with van der Waals surface area (Å²) in [5.41, 5.74) is 2.16. The summed E-state index contributed by atoms with van der Waals surface area (Å²) in [6.45, 7) is 0. The molecule has 0 saturated heterocycles. The van der Waals surface area contributed by atoms with Crippen molar-refractivity contribution in [3.63, 3.8) is 0 Å². The second-order valence-corrected chi connectivity index (χ2v) is 3.57. The van der Waals surface area contributed by atoms with E-state index in [1.807, 2.05) is 24.3 Å². The van der Waals surface area contributed by atoms with Crippen molar-refractivity contribution in [3.05, 3.63) is 48.4 Å². The maximum Gasteiger partial charge on any atom is 0.261 e. The first-order valence-corrected chi connectivity index (χ1v) is 5.11. The number of fused-ring (bicyclic) bond motifs is 1. The normalized spacial score (nSPS) is 10.6. The fourth-order valence-corrected chi connectivity index (χ4v) is 1.59. The van der Waals surface area contributed by atoms with E-state index in [1.54, 1.807) is 6.07 Å². The van der Waals surface area contributed by atoms with Crippen LogP contribution in [0, 0.1) is 0 Å². The summed E-state index contributed by atoms with van der Waals surface area (Å²) in [6.07, 6.45) is 2.84. The van der Waals surface area contributed by atoms with Gasteiger partial charge in [0.25, 0.3) is 5.91 Å². The van der Waals surface area contributed by atoms with Gasteiger partial charge < -0.3 is 9.40 Å². The summed E-state index contributed by atoms with van der Waals surface area (Å²) >= 11 is 0. The van der Waals surface area contributed by atoms with Crippen LogP contribution < -0.4 is 5.32 Å². The lowest BCUT2D eigenvalue weighted by Gasteiger charge is -1.97. The smallest absolute Gasteiger partial charge is 0.261 e. The molecule has 2 heterocycles. The number of nitrogens with zero attached hydrogens (tertiary/aromatic N) is 1. The van der Waals surface area contributed by atoms with Gasteiger partial charge in [-0.25, -0.2) is 4.98 Å². The molecule has 2 aromatic heterocycles. The molecule has 0 aliphatic rings. The number of furan rings is 1. The number of anilines is 1. The van der Waals surface area contributed by atoms with Crippen molar-refractivity contribution in [1.29, 1.82) is 0 Å². The number of hydrogen-bond acceptors (Lipinski definition) is 3. The van der Waals surface area contributed by atoms with Gasteiger partial charge in [-0.2, -0.15) is 0 Å². The molecule has 0 bridgehead atoms. The molecule has 0 unspecified atom stereocenters. The van der Waals surface area contributed by atoms with E-state index >= 15 is 0 Å². The molecule has 0 aliphatic carbocycles. The van der Waals surface area contributed by atoms with E-state index in [-0.39, 0.29) is 5.91 Å². The monoisotopic (exact) mass is 227 g/mol. The highest BCUT2D eigenvalue weighted by Crippen LogP contribution is 2.14. The maximum absolute atomic E-state index is 11.7. The van der Waals surface area contributed by atoms with Crippen molar-refractivity contribution in [2.75, 3.05) is 5.32 Å². The number of rotatable bonds is 2. The third-order valence-corrected chi connectivity index (χ3v) is 2.40. The Morgan fingerprint density at radius 2 is 2.18 bits per heavy atom. The number of carbonyl (C=O) groups is 1. The van der Waals surface area contributed by atoms with Crippen LogP contribution in [-0.2, 0) is 0 Å². The van der Waals surface area contributed by atoms with E-state index in [0.29, 0.717) is 11.5 Å². The van der Waals surface area contributed by atoms with Gasteiger partial charge in [0, 0.05) is 0 Å². The quantitative estimate of drug-likeness (QED) is 0.706. The van der Waals surface area contributed by atoms with Crippen LogP contribution in [0.2, 0.25) is 0 Å². The van der Waals surface area contributed by atoms with Crippen LogP contribution in [0.1, 0.15) is 10.4 Å². The maximum atomic E-state index is 11.7. The van der Waals surface area contributed by atoms with Crippen molar-refractivity contribution in [1.82, 2.24) is 9.97 Å². The van der Waals surface area contributed by atoms with Gasteiger partial charge in [0.2, 0.25) is 5.95 Å². The molecule has 3 aromatic rings. The van der Waals surface area contributed by atoms with Crippen LogP contribution in [0.3, 0.4) is 0 Å². The van der Waals surface area contributed by atoms with E-state index in [2.05, 4.69) is 15.3 Å². The number of H-pyrrole nitrogens is 1. The third kappa shape index (κ3) is 1.78. The van der Waals surface area contributed by atoms with Gasteiger partial charge in [-0.3, -0.25) is 10.1 Å². The SMILES string of the molecule is O=C(Nc1nc2ccccc2[nH]1)c1ccoc1. The average molecular weight is 227 g/mol. The van der Waals surface area contributed by atoms with E-state index in [9.17, 15) is 4.79 Å². The summed E-state index contributed by atoms with van der Waals surface area (Å²) in [4.78, 5) is 19.0. The van der Waals surface area contributed by atoms with Gasteiger partial charge in [0.05, 0.1) is 22.9 Å². The number of aromatic amines is 1. The minimum Gasteiger partial charge on any atom is -0.472 e. The topological polar surface area (TPSA) is 70.9 Å². The molecule has 0 spiro atoms. The van der Waals surface area contributed by atoms with Crippen LogP contribution in [-0.4, -0.2) is 15.9 Å². The van der Waals surface area contributed by atoms with Crippen molar-refractivity contribution in [2.45, 2.75) is 0 Å². The molecular weight excluding hydrogens is 218 g/mol. The fourth-order valence-electron chi connectivity index (χ4n) is 1.59. The molecule has 17 heavy (non-hydrogen) atoms. The molecule has 1 aromatic carbocycles. The molecule has 3 rings (SSSR count). The number of aromatic nitrogens is 2. The molecule has 1 amide bonds. The summed E-state index contributed by atoms with van der Waals surface area (Å²) in [7, 11) is 0. The highest BCUT2D eigenvalue weighted by atomic mass is 16.3. The lowest BCUT2D eigenvalue weighted by molar-refractivity contribution is 0.102. The predicted molar refractivity (Wildman–Crippen MR) is 62.8 cm³/mol. The molecule has 84 valence electrons. The summed E-state index contributed by atoms with van der Waals surface area (Å²) < 4.78 is 4.84. The van der Waals surface area contributed by atoms with Crippen molar-refractivity contribution in [2.24, 2.45) is 0 Å². The van der Waals surface area contributed by atoms with Crippen LogP contribution in [0.5, 0.6) is 0 Å². The molecule has 2 N–H and O–H groups in total. The zero-order valence-electron chi connectivity index (χ0n) is 8.81. The lowest BCUT2D eigenvalue weighted by Crippen LogP contribution is -2.11. The first-order chi connectivity index (χ1) is 8.33. The standard InChI is InChI=1S/C12H9N3O2/c16-11(8-5-6-17-7-8)15-12-13-9-3-1-2-4-10(9)14-12/h1-7H,(H2,13,14,15,16). The van der Waals surface area contributed by atoms with Gasteiger partial charge in [0.1, 0.15) is 6.26 Å². The second kappa shape index (κ2) is 3.79. The van der Waals surface area contributed by atoms with Gasteiger partial charge in [-0.05, 0) is 18.2 Å². The molecule has 0 atom stereocenters. The predicted octanol–water partition coefficient (Wildman–Crippen LogP) is 2.41. The summed E-state index contributed by atoms with van der Waals surface area (Å²) in [5, 5.41) is 2.67. The number of nitrogens with one attached hydrogen (secondary N) is 2. The van der Waals surface area contributed by atoms with Crippen LogP contribution in [0.15, 0.2) is 47.3 Å². The Balaban J connectivity index is 1.88. The molecule has 0 aliphatic heterocycles. The van der Waals surface area contributed by atoms with Crippen molar-refractivity contribution >= 4 is 22.9 Å². The Bertz CT molecular complexity index is 622. The Labute approximate surface area is 96.5 Å². The first-order valence-electron chi connectivity index (χ1n) is 5.11. The molecule has 0 radical (unpaired) electrons. The number of imidazole rings is 1. The Hall–Kier alpha value is -2.56. The molecule has 5 heteroatoms. The molecule has 0 fully saturated rings. The number of amides is 1. The van der Waals surface area contributed by atoms with E-state index in [0.717, 1.165) is 11.0 Å². The molecular formula is C12H9N3O2. The van der Waals surface area contributed by atoms with Crippen molar-refractivity contribution in [3.8, 4) is 0 Å². The van der Waals surface area contributed by atoms with Crippen LogP contribution >= 0.6 is 0 Å². The fraction of sp³-hybridized carbons (Fsp3) is 0. The van der Waals surface area contributed by atoms with E-state index in [1.165, 1.54) is 12.5 Å². The number of para-hydroxylation sites is 2. The minimum atomic E-state index is -0.252. The average Bonchev–Trinajstić information content (AvgIpc) is 2.97. The number of hydrogen-bond donors (Lipinski definition) is 2. The molecule has 5 nitrogen and oxygen atoms in total. The highest BCUT2D eigenvalue weighted by molar-refractivity contribution is 6.03. The zero-order chi connectivity index (χ0) is 11.7. The first kappa shape index (κ1) is 9.65. The lowest BCUT2D eigenvalue weighted by atomic mass is 10.3. The van der Waals surface area contributed by atoms with E-state index in [4.69, 9.17) is 4.42 Å². The second-order valence-electron chi connectivity index (χ2n) is 3.57. The number of carbonyl (C=O) groups excluding carboxylic acids is 1. The summed E-state index contributed by atoms with van der Waals surface area (Å²) in [6, 6.07) is 9.17. The minimum absolute atomic E-state index is 0.252. The molecule has 0 saturated carbocycles. The zero-order valence-corrected chi connectivity index (χ0v) is 8.81.